The highest BCUT2D eigenvalue weighted by Crippen LogP contribution is 2.39. The van der Waals surface area contributed by atoms with Gasteiger partial charge in [-0.1, -0.05) is 78.9 Å². The fourth-order valence-corrected chi connectivity index (χ4v) is 6.06. The fraction of sp³-hybridized carbons (Fsp3) is 0.242. The van der Waals surface area contributed by atoms with Crippen LogP contribution in [0, 0.1) is 11.6 Å². The van der Waals surface area contributed by atoms with Gasteiger partial charge in [0.25, 0.3) is 0 Å². The van der Waals surface area contributed by atoms with Crippen LogP contribution in [0.3, 0.4) is 0 Å². The molecule has 0 spiro atoms. The third kappa shape index (κ3) is 5.70. The summed E-state index contributed by atoms with van der Waals surface area (Å²) < 4.78 is 40.3. The van der Waals surface area contributed by atoms with Crippen molar-refractivity contribution in [1.82, 2.24) is 10.2 Å². The molecule has 0 unspecified atom stereocenters. The molecule has 0 bridgehead atoms. The molecule has 1 N–H and O–H groups in total. The first-order valence-electron chi connectivity index (χ1n) is 13.5. The first-order chi connectivity index (χ1) is 19.5. The highest BCUT2D eigenvalue weighted by molar-refractivity contribution is 5.70. The lowest BCUT2D eigenvalue weighted by Crippen LogP contribution is -2.48. The number of nitrogens with zero attached hydrogens (tertiary/aromatic N) is 1. The SMILES string of the molecule is O=C1N[C@@H](Cc2cc(F)cc(F)c2)[C@@H]([C@H]2C[C@@H](Oc3ccccc3)CN2C(c2ccccc2)c2ccccc2)O1. The Morgan fingerprint density at radius 1 is 0.850 bits per heavy atom. The molecule has 1 amide bonds. The lowest BCUT2D eigenvalue weighted by atomic mass is 9.92. The smallest absolute Gasteiger partial charge is 0.407 e. The molecular formula is C33H30F2N2O3. The summed E-state index contributed by atoms with van der Waals surface area (Å²) in [6.07, 6.45) is -0.401. The standard InChI is InChI=1S/C33H30F2N2O3/c34-25-16-22(17-26(35)19-25)18-29-32(40-33(38)36-29)30-20-28(39-27-14-8-3-9-15-27)21-37(30)31(23-10-4-1-5-11-23)24-12-6-2-7-13-24/h1-17,19,28-32H,18,20-21H2,(H,36,38)/t28-,29+,30-,32+/m1/s1. The van der Waals surface area contributed by atoms with Gasteiger partial charge in [-0.3, -0.25) is 4.90 Å². The molecule has 4 aromatic rings. The zero-order valence-electron chi connectivity index (χ0n) is 21.8. The van der Waals surface area contributed by atoms with E-state index in [0.29, 0.717) is 18.5 Å². The average molecular weight is 541 g/mol. The van der Waals surface area contributed by atoms with Crippen molar-refractivity contribution in [3.05, 3.63) is 138 Å². The number of para-hydroxylation sites is 1. The number of carbonyl (C=O) groups is 1. The molecule has 5 nitrogen and oxygen atoms in total. The van der Waals surface area contributed by atoms with Crippen molar-refractivity contribution in [1.29, 1.82) is 0 Å². The number of alkyl carbamates (subject to hydrolysis) is 1. The lowest BCUT2D eigenvalue weighted by Gasteiger charge is -2.36. The van der Waals surface area contributed by atoms with Gasteiger partial charge in [-0.2, -0.15) is 0 Å². The Balaban J connectivity index is 1.37. The molecular weight excluding hydrogens is 510 g/mol. The number of hydrogen-bond acceptors (Lipinski definition) is 4. The largest absolute Gasteiger partial charge is 0.489 e. The van der Waals surface area contributed by atoms with Crippen molar-refractivity contribution in [3.63, 3.8) is 0 Å². The molecule has 2 aliphatic rings. The molecule has 204 valence electrons. The number of nitrogens with one attached hydrogen (secondary N) is 1. The number of likely N-dealkylation sites (tertiary alicyclic amines) is 1. The average Bonchev–Trinajstić information content (AvgIpc) is 3.52. The van der Waals surface area contributed by atoms with Gasteiger partial charge in [-0.15, -0.1) is 0 Å². The molecule has 7 heteroatoms. The van der Waals surface area contributed by atoms with Crippen LogP contribution in [0.2, 0.25) is 0 Å². The van der Waals surface area contributed by atoms with E-state index < -0.39 is 29.9 Å². The molecule has 2 aliphatic heterocycles. The van der Waals surface area contributed by atoms with Gasteiger partial charge < -0.3 is 14.8 Å². The topological polar surface area (TPSA) is 50.8 Å². The van der Waals surface area contributed by atoms with Gasteiger partial charge >= 0.3 is 6.09 Å². The van der Waals surface area contributed by atoms with Crippen molar-refractivity contribution >= 4 is 6.09 Å². The molecule has 0 aromatic heterocycles. The molecule has 40 heavy (non-hydrogen) atoms. The first-order valence-corrected chi connectivity index (χ1v) is 13.5. The summed E-state index contributed by atoms with van der Waals surface area (Å²) in [6.45, 7) is 0.601. The van der Waals surface area contributed by atoms with Gasteiger partial charge in [0.1, 0.15) is 29.6 Å². The van der Waals surface area contributed by atoms with Crippen LogP contribution in [-0.2, 0) is 11.2 Å². The molecule has 4 atom stereocenters. The predicted molar refractivity (Wildman–Crippen MR) is 148 cm³/mol. The number of halogens is 2. The summed E-state index contributed by atoms with van der Waals surface area (Å²) in [5.41, 5.74) is 2.68. The minimum Gasteiger partial charge on any atom is -0.489 e. The molecule has 6 rings (SSSR count). The van der Waals surface area contributed by atoms with Crippen LogP contribution in [0.25, 0.3) is 0 Å². The zero-order chi connectivity index (χ0) is 27.5. The van der Waals surface area contributed by atoms with E-state index in [-0.39, 0.29) is 24.6 Å². The van der Waals surface area contributed by atoms with Gasteiger partial charge in [0, 0.05) is 19.0 Å². The van der Waals surface area contributed by atoms with E-state index in [0.717, 1.165) is 22.9 Å². The maximum atomic E-state index is 14.0. The highest BCUT2D eigenvalue weighted by Gasteiger charge is 2.49. The second-order valence-corrected chi connectivity index (χ2v) is 10.4. The van der Waals surface area contributed by atoms with Crippen molar-refractivity contribution in [2.24, 2.45) is 0 Å². The van der Waals surface area contributed by atoms with E-state index in [9.17, 15) is 13.6 Å². The third-order valence-corrected chi connectivity index (χ3v) is 7.65. The number of benzene rings is 4. The van der Waals surface area contributed by atoms with Gasteiger partial charge in [-0.05, 0) is 47.4 Å². The summed E-state index contributed by atoms with van der Waals surface area (Å²) in [4.78, 5) is 15.0. The van der Waals surface area contributed by atoms with Crippen LogP contribution in [0.15, 0.2) is 109 Å². The molecule has 4 aromatic carbocycles. The Labute approximate surface area is 232 Å². The van der Waals surface area contributed by atoms with E-state index in [1.165, 1.54) is 12.1 Å². The van der Waals surface area contributed by atoms with Crippen molar-refractivity contribution < 1.29 is 23.0 Å². The van der Waals surface area contributed by atoms with Crippen molar-refractivity contribution in [2.45, 2.75) is 43.2 Å². The zero-order valence-corrected chi connectivity index (χ0v) is 21.8. The van der Waals surface area contributed by atoms with E-state index in [1.54, 1.807) is 0 Å². The number of cyclic esters (lactones) is 1. The quantitative estimate of drug-likeness (QED) is 0.285. The molecule has 2 fully saturated rings. The van der Waals surface area contributed by atoms with Crippen molar-refractivity contribution in [2.75, 3.05) is 6.54 Å². The lowest BCUT2D eigenvalue weighted by molar-refractivity contribution is 0.0530. The van der Waals surface area contributed by atoms with Crippen LogP contribution in [-0.4, -0.2) is 41.8 Å². The van der Waals surface area contributed by atoms with Crippen LogP contribution in [0.1, 0.15) is 29.2 Å². The van der Waals surface area contributed by atoms with Crippen LogP contribution < -0.4 is 10.1 Å². The van der Waals surface area contributed by atoms with Gasteiger partial charge in [0.05, 0.1) is 18.1 Å². The summed E-state index contributed by atoms with van der Waals surface area (Å²) in [7, 11) is 0. The normalized spacial score (nSPS) is 22.7. The summed E-state index contributed by atoms with van der Waals surface area (Å²) in [5, 5.41) is 2.90. The number of hydrogen-bond donors (Lipinski definition) is 1. The van der Waals surface area contributed by atoms with Crippen LogP contribution in [0.5, 0.6) is 5.75 Å². The minimum absolute atomic E-state index is 0.122. The molecule has 2 heterocycles. The first kappa shape index (κ1) is 26.0. The Bertz CT molecular complexity index is 1380. The number of amides is 1. The maximum Gasteiger partial charge on any atom is 0.407 e. The van der Waals surface area contributed by atoms with Crippen LogP contribution in [0.4, 0.5) is 13.6 Å². The Morgan fingerprint density at radius 3 is 2.02 bits per heavy atom. The highest BCUT2D eigenvalue weighted by atomic mass is 19.1. The number of ether oxygens (including phenoxy) is 2. The van der Waals surface area contributed by atoms with Gasteiger partial charge in [0.15, 0.2) is 0 Å². The summed E-state index contributed by atoms with van der Waals surface area (Å²) >= 11 is 0. The van der Waals surface area contributed by atoms with Crippen molar-refractivity contribution in [3.8, 4) is 5.75 Å². The Hall–Kier alpha value is -4.23. The van der Waals surface area contributed by atoms with E-state index in [2.05, 4.69) is 34.5 Å². The molecule has 0 aliphatic carbocycles. The number of carbonyl (C=O) groups excluding carboxylic acids is 1. The molecule has 0 radical (unpaired) electrons. The fourth-order valence-electron chi connectivity index (χ4n) is 6.06. The Morgan fingerprint density at radius 2 is 1.43 bits per heavy atom. The minimum atomic E-state index is -0.649. The van der Waals surface area contributed by atoms with Gasteiger partial charge in [-0.25, -0.2) is 13.6 Å². The van der Waals surface area contributed by atoms with E-state index >= 15 is 0 Å². The second kappa shape index (κ2) is 11.5. The summed E-state index contributed by atoms with van der Waals surface area (Å²) in [6, 6.07) is 32.8. The summed E-state index contributed by atoms with van der Waals surface area (Å²) in [5.74, 6) is -0.523. The molecule has 0 saturated carbocycles. The van der Waals surface area contributed by atoms with E-state index in [4.69, 9.17) is 9.47 Å². The number of rotatable bonds is 8. The Kier molecular flexibility index (Phi) is 7.47. The monoisotopic (exact) mass is 540 g/mol. The van der Waals surface area contributed by atoms with Gasteiger partial charge in [0.2, 0.25) is 0 Å². The maximum absolute atomic E-state index is 14.0. The molecule has 2 saturated heterocycles. The van der Waals surface area contributed by atoms with E-state index in [1.807, 2.05) is 66.7 Å². The predicted octanol–water partition coefficient (Wildman–Crippen LogP) is 6.30. The van der Waals surface area contributed by atoms with Crippen LogP contribution >= 0.6 is 0 Å². The second-order valence-electron chi connectivity index (χ2n) is 10.4. The third-order valence-electron chi connectivity index (χ3n) is 7.65.